The molecule has 0 aliphatic carbocycles. The molecule has 0 aromatic heterocycles. The van der Waals surface area contributed by atoms with E-state index >= 15 is 0 Å². The van der Waals surface area contributed by atoms with Gasteiger partial charge in [0, 0.05) is 0 Å². The zero-order chi connectivity index (χ0) is 19.2. The molecule has 1 rings (SSSR count). The predicted octanol–water partition coefficient (Wildman–Crippen LogP) is 5.47. The number of hydrogen-bond acceptors (Lipinski definition) is 3. The Bertz CT molecular complexity index is 551. The molecule has 1 aromatic carbocycles. The molecule has 26 heavy (non-hydrogen) atoms. The number of aliphatic hydroxyl groups is 1. The largest absolute Gasteiger partial charge is 0.507 e. The second-order valence-corrected chi connectivity index (χ2v) is 6.93. The summed E-state index contributed by atoms with van der Waals surface area (Å²) in [6.45, 7) is 2.20. The molecule has 0 amide bonds. The first-order valence-electron chi connectivity index (χ1n) is 9.93. The average Bonchev–Trinajstić information content (AvgIpc) is 2.60. The van der Waals surface area contributed by atoms with Gasteiger partial charge >= 0.3 is 5.97 Å². The van der Waals surface area contributed by atoms with Gasteiger partial charge in [-0.05, 0) is 50.2 Å². The van der Waals surface area contributed by atoms with Crippen molar-refractivity contribution in [2.24, 2.45) is 0 Å². The van der Waals surface area contributed by atoms with Crippen molar-refractivity contribution in [3.05, 3.63) is 41.5 Å². The van der Waals surface area contributed by atoms with Crippen molar-refractivity contribution in [1.29, 1.82) is 0 Å². The summed E-state index contributed by atoms with van der Waals surface area (Å²) in [5.41, 5.74) is 0.699. The molecule has 0 saturated heterocycles. The van der Waals surface area contributed by atoms with E-state index < -0.39 is 5.97 Å². The fraction of sp³-hybridized carbons (Fsp3) is 0.591. The molecule has 4 nitrogen and oxygen atoms in total. The van der Waals surface area contributed by atoms with Crippen molar-refractivity contribution in [1.82, 2.24) is 0 Å². The quantitative estimate of drug-likeness (QED) is 0.303. The van der Waals surface area contributed by atoms with Crippen molar-refractivity contribution in [3.63, 3.8) is 0 Å². The van der Waals surface area contributed by atoms with Crippen LogP contribution in [0.2, 0.25) is 0 Å². The number of rotatable bonds is 14. The van der Waals surface area contributed by atoms with Gasteiger partial charge in [-0.1, -0.05) is 63.3 Å². The van der Waals surface area contributed by atoms with Crippen LogP contribution in [-0.4, -0.2) is 27.4 Å². The van der Waals surface area contributed by atoms with Crippen LogP contribution < -0.4 is 0 Å². The number of carbonyl (C=O) groups is 1. The van der Waals surface area contributed by atoms with Crippen LogP contribution in [0.4, 0.5) is 0 Å². The number of unbranched alkanes of at least 4 members (excludes halogenated alkanes) is 6. The minimum atomic E-state index is -1.08. The number of benzene rings is 1. The predicted molar refractivity (Wildman–Crippen MR) is 106 cm³/mol. The van der Waals surface area contributed by atoms with Crippen molar-refractivity contribution in [2.45, 2.75) is 83.7 Å². The number of aliphatic hydroxyl groups excluding tert-OH is 1. The number of carboxylic acids is 1. The number of allylic oxidation sites excluding steroid dienone is 1. The Morgan fingerprint density at radius 3 is 2.58 bits per heavy atom. The zero-order valence-corrected chi connectivity index (χ0v) is 16.0. The lowest BCUT2D eigenvalue weighted by Crippen LogP contribution is -2.04. The minimum Gasteiger partial charge on any atom is -0.507 e. The summed E-state index contributed by atoms with van der Waals surface area (Å²) in [6, 6.07) is 4.85. The molecule has 0 aliphatic heterocycles. The van der Waals surface area contributed by atoms with Gasteiger partial charge in [0.1, 0.15) is 11.3 Å². The topological polar surface area (TPSA) is 77.8 Å². The van der Waals surface area contributed by atoms with Gasteiger partial charge < -0.3 is 15.3 Å². The fourth-order valence-electron chi connectivity index (χ4n) is 3.09. The lowest BCUT2D eigenvalue weighted by atomic mass is 10.00. The van der Waals surface area contributed by atoms with E-state index in [-0.39, 0.29) is 17.4 Å². The highest BCUT2D eigenvalue weighted by molar-refractivity contribution is 5.92. The van der Waals surface area contributed by atoms with E-state index in [1.165, 1.54) is 31.7 Å². The van der Waals surface area contributed by atoms with Crippen molar-refractivity contribution in [3.8, 4) is 5.75 Å². The molecule has 1 atom stereocenters. The van der Waals surface area contributed by atoms with E-state index in [9.17, 15) is 20.1 Å². The van der Waals surface area contributed by atoms with Gasteiger partial charge in [0.2, 0.25) is 0 Å². The van der Waals surface area contributed by atoms with E-state index in [4.69, 9.17) is 0 Å². The maximum Gasteiger partial charge on any atom is 0.339 e. The third-order valence-corrected chi connectivity index (χ3v) is 4.63. The number of aryl methyl sites for hydroxylation is 1. The third-order valence-electron chi connectivity index (χ3n) is 4.63. The van der Waals surface area contributed by atoms with Crippen LogP contribution in [0, 0.1) is 0 Å². The smallest absolute Gasteiger partial charge is 0.339 e. The molecule has 3 N–H and O–H groups in total. The van der Waals surface area contributed by atoms with E-state index in [2.05, 4.69) is 13.0 Å². The maximum atomic E-state index is 11.2. The van der Waals surface area contributed by atoms with Crippen LogP contribution in [0.5, 0.6) is 5.75 Å². The minimum absolute atomic E-state index is 0.0186. The summed E-state index contributed by atoms with van der Waals surface area (Å²) in [6.07, 6.45) is 15.0. The van der Waals surface area contributed by atoms with Gasteiger partial charge in [-0.2, -0.15) is 0 Å². The lowest BCUT2D eigenvalue weighted by Gasteiger charge is -2.08. The number of aromatic carboxylic acids is 1. The Kier molecular flexibility index (Phi) is 11.5. The monoisotopic (exact) mass is 362 g/mol. The Hall–Kier alpha value is -1.81. The summed E-state index contributed by atoms with van der Waals surface area (Å²) in [5.74, 6) is -1.25. The molecular weight excluding hydrogens is 328 g/mol. The molecule has 1 aromatic rings. The highest BCUT2D eigenvalue weighted by Crippen LogP contribution is 2.22. The van der Waals surface area contributed by atoms with E-state index in [1.807, 2.05) is 6.08 Å². The molecule has 0 saturated carbocycles. The lowest BCUT2D eigenvalue weighted by molar-refractivity contribution is 0.0692. The molecule has 0 radical (unpaired) electrons. The number of hydrogen-bond donors (Lipinski definition) is 3. The summed E-state index contributed by atoms with van der Waals surface area (Å²) in [4.78, 5) is 11.2. The second kappa shape index (κ2) is 13.4. The molecule has 4 heteroatoms. The summed E-state index contributed by atoms with van der Waals surface area (Å²) in [7, 11) is 0. The molecule has 146 valence electrons. The Balaban J connectivity index is 2.16. The highest BCUT2D eigenvalue weighted by atomic mass is 16.4. The molecule has 0 spiro atoms. The SMILES string of the molecule is CCCCCCCC(O)C/C=C/CCCCc1cccc(O)c1C(=O)O. The van der Waals surface area contributed by atoms with Crippen LogP contribution in [0.1, 0.15) is 87.1 Å². The first-order chi connectivity index (χ1) is 12.6. The molecule has 0 heterocycles. The summed E-state index contributed by atoms with van der Waals surface area (Å²) >= 11 is 0. The number of aromatic hydroxyl groups is 1. The summed E-state index contributed by atoms with van der Waals surface area (Å²) < 4.78 is 0. The first-order valence-corrected chi connectivity index (χ1v) is 9.93. The van der Waals surface area contributed by atoms with Gasteiger partial charge in [-0.15, -0.1) is 0 Å². The number of carboxylic acid groups (broad SMARTS) is 1. The van der Waals surface area contributed by atoms with Crippen LogP contribution in [0.3, 0.4) is 0 Å². The van der Waals surface area contributed by atoms with Gasteiger partial charge in [0.15, 0.2) is 0 Å². The van der Waals surface area contributed by atoms with Crippen LogP contribution in [-0.2, 0) is 6.42 Å². The van der Waals surface area contributed by atoms with Crippen molar-refractivity contribution < 1.29 is 20.1 Å². The van der Waals surface area contributed by atoms with Gasteiger partial charge in [-0.25, -0.2) is 4.79 Å². The third kappa shape index (κ3) is 9.04. The highest BCUT2D eigenvalue weighted by Gasteiger charge is 2.14. The molecule has 0 aliphatic rings. The molecule has 0 fully saturated rings. The Morgan fingerprint density at radius 1 is 1.08 bits per heavy atom. The zero-order valence-electron chi connectivity index (χ0n) is 16.0. The standard InChI is InChI=1S/C22H34O4/c1-2-3-4-6-10-15-19(23)16-11-8-5-7-9-13-18-14-12-17-20(24)21(18)22(25)26/h8,11-12,14,17,19,23-24H,2-7,9-10,13,15-16H2,1H3,(H,25,26)/b11-8+. The first kappa shape index (κ1) is 22.2. The van der Waals surface area contributed by atoms with E-state index in [0.717, 1.165) is 32.1 Å². The maximum absolute atomic E-state index is 11.2. The number of phenols is 1. The Labute approximate surface area is 157 Å². The Morgan fingerprint density at radius 2 is 1.85 bits per heavy atom. The van der Waals surface area contributed by atoms with Crippen molar-refractivity contribution in [2.75, 3.05) is 0 Å². The average molecular weight is 363 g/mol. The van der Waals surface area contributed by atoms with E-state index in [0.29, 0.717) is 18.4 Å². The van der Waals surface area contributed by atoms with Crippen molar-refractivity contribution >= 4 is 5.97 Å². The van der Waals surface area contributed by atoms with Crippen LogP contribution in [0.25, 0.3) is 0 Å². The van der Waals surface area contributed by atoms with E-state index in [1.54, 1.807) is 12.1 Å². The van der Waals surface area contributed by atoms with Gasteiger partial charge in [0.05, 0.1) is 6.10 Å². The second-order valence-electron chi connectivity index (χ2n) is 6.93. The van der Waals surface area contributed by atoms with Gasteiger partial charge in [0.25, 0.3) is 0 Å². The fourth-order valence-corrected chi connectivity index (χ4v) is 3.09. The van der Waals surface area contributed by atoms with Crippen LogP contribution in [0.15, 0.2) is 30.4 Å². The molecular formula is C22H34O4. The van der Waals surface area contributed by atoms with Gasteiger partial charge in [-0.3, -0.25) is 0 Å². The molecule has 1 unspecified atom stereocenters. The molecule has 0 bridgehead atoms. The summed E-state index contributed by atoms with van der Waals surface area (Å²) in [5, 5.41) is 28.8. The normalized spacial score (nSPS) is 12.5. The van der Waals surface area contributed by atoms with Crippen LogP contribution >= 0.6 is 0 Å².